The van der Waals surface area contributed by atoms with Gasteiger partial charge in [0.1, 0.15) is 0 Å². The maximum atomic E-state index is 9.16. The zero-order valence-corrected chi connectivity index (χ0v) is 13.5. The number of nitrogens with one attached hydrogen (secondary N) is 1. The second-order valence-electron chi connectivity index (χ2n) is 6.12. The number of aryl methyl sites for hydroxylation is 1. The smallest absolute Gasteiger partial charge is 0.0766 e. The van der Waals surface area contributed by atoms with E-state index in [-0.39, 0.29) is 0 Å². The molecule has 0 saturated heterocycles. The zero-order chi connectivity index (χ0) is 15.6. The van der Waals surface area contributed by atoms with Gasteiger partial charge in [-0.15, -0.1) is 0 Å². The van der Waals surface area contributed by atoms with Gasteiger partial charge in [0, 0.05) is 30.7 Å². The highest BCUT2D eigenvalue weighted by Gasteiger charge is 2.19. The molecule has 0 saturated carbocycles. The van der Waals surface area contributed by atoms with Crippen LogP contribution < -0.4 is 5.32 Å². The molecule has 0 aliphatic rings. The van der Waals surface area contributed by atoms with Crippen LogP contribution in [0.5, 0.6) is 0 Å². The van der Waals surface area contributed by atoms with E-state index < -0.39 is 5.41 Å². The van der Waals surface area contributed by atoms with E-state index in [1.807, 2.05) is 38.1 Å². The van der Waals surface area contributed by atoms with Crippen LogP contribution in [0.1, 0.15) is 36.4 Å². The molecule has 3 nitrogen and oxygen atoms in total. The predicted molar refractivity (Wildman–Crippen MR) is 87.3 cm³/mol. The molecular weight excluding hydrogens is 258 g/mol. The number of anilines is 1. The molecule has 0 spiro atoms. The summed E-state index contributed by atoms with van der Waals surface area (Å²) in [5.74, 6) is 0. The first-order valence-electron chi connectivity index (χ1n) is 7.22. The van der Waals surface area contributed by atoms with Gasteiger partial charge in [-0.1, -0.05) is 12.1 Å². The molecule has 0 aliphatic heterocycles. The van der Waals surface area contributed by atoms with Crippen LogP contribution in [0.2, 0.25) is 0 Å². The monoisotopic (exact) mass is 281 g/mol. The van der Waals surface area contributed by atoms with Crippen LogP contribution in [0.4, 0.5) is 5.69 Å². The number of aromatic nitrogens is 1. The fourth-order valence-electron chi connectivity index (χ4n) is 2.38. The van der Waals surface area contributed by atoms with Crippen molar-refractivity contribution < 1.29 is 0 Å². The maximum absolute atomic E-state index is 9.16. The lowest BCUT2D eigenvalue weighted by Gasteiger charge is -2.16. The summed E-state index contributed by atoms with van der Waals surface area (Å²) in [5, 5.41) is 12.6. The highest BCUT2D eigenvalue weighted by atomic mass is 15.0. The number of nitriles is 1. The molecule has 2 rings (SSSR count). The number of hydrogen-bond acceptors (Lipinski definition) is 2. The predicted octanol–water partition coefficient (Wildman–Crippen LogP) is 4.06. The number of nitrogens with zero attached hydrogens (tertiary/aromatic N) is 2. The summed E-state index contributed by atoms with van der Waals surface area (Å²) < 4.78 is 2.20. The van der Waals surface area contributed by atoms with Gasteiger partial charge in [-0.05, 0) is 57.0 Å². The minimum absolute atomic E-state index is 0.439. The van der Waals surface area contributed by atoms with E-state index in [0.717, 1.165) is 17.8 Å². The van der Waals surface area contributed by atoms with Crippen molar-refractivity contribution in [1.82, 2.24) is 4.57 Å². The minimum atomic E-state index is -0.439. The van der Waals surface area contributed by atoms with E-state index in [1.165, 1.54) is 17.0 Å². The Morgan fingerprint density at radius 1 is 1.19 bits per heavy atom. The summed E-state index contributed by atoms with van der Waals surface area (Å²) in [6, 6.07) is 12.7. The summed E-state index contributed by atoms with van der Waals surface area (Å²) in [4.78, 5) is 0. The molecule has 2 aromatic rings. The van der Waals surface area contributed by atoms with Crippen LogP contribution in [0, 0.1) is 25.2 Å². The summed E-state index contributed by atoms with van der Waals surface area (Å²) >= 11 is 0. The summed E-state index contributed by atoms with van der Waals surface area (Å²) in [6.07, 6.45) is 0. The van der Waals surface area contributed by atoms with Crippen LogP contribution in [0.3, 0.4) is 0 Å². The Morgan fingerprint density at radius 2 is 1.81 bits per heavy atom. The van der Waals surface area contributed by atoms with Crippen LogP contribution in [-0.4, -0.2) is 4.57 Å². The summed E-state index contributed by atoms with van der Waals surface area (Å²) in [5.41, 5.74) is 5.57. The second kappa shape index (κ2) is 5.65. The first-order chi connectivity index (χ1) is 9.85. The molecule has 110 valence electrons. The van der Waals surface area contributed by atoms with E-state index in [2.05, 4.69) is 42.9 Å². The Labute approximate surface area is 127 Å². The normalized spacial score (nSPS) is 11.2. The average molecular weight is 281 g/mol. The van der Waals surface area contributed by atoms with E-state index in [1.54, 1.807) is 0 Å². The fourth-order valence-corrected chi connectivity index (χ4v) is 2.38. The van der Waals surface area contributed by atoms with E-state index >= 15 is 0 Å². The molecule has 0 aliphatic carbocycles. The van der Waals surface area contributed by atoms with Crippen molar-refractivity contribution in [2.75, 3.05) is 5.32 Å². The van der Waals surface area contributed by atoms with Crippen LogP contribution in [-0.2, 0) is 19.0 Å². The summed E-state index contributed by atoms with van der Waals surface area (Å²) in [7, 11) is 2.09. The van der Waals surface area contributed by atoms with Crippen molar-refractivity contribution in [2.45, 2.75) is 39.7 Å². The van der Waals surface area contributed by atoms with Crippen LogP contribution in [0.25, 0.3) is 0 Å². The number of hydrogen-bond donors (Lipinski definition) is 1. The number of benzene rings is 1. The Kier molecular flexibility index (Phi) is 4.09. The lowest BCUT2D eigenvalue weighted by molar-refractivity contribution is 0.687. The van der Waals surface area contributed by atoms with E-state index in [9.17, 15) is 0 Å². The SMILES string of the molecule is Cc1cc(CNc2ccc(C(C)(C)C#N)cc2)c(C)n1C. The topological polar surface area (TPSA) is 40.8 Å². The van der Waals surface area contributed by atoms with Gasteiger partial charge in [0.15, 0.2) is 0 Å². The Bertz CT molecular complexity index is 670. The third kappa shape index (κ3) is 3.11. The first kappa shape index (κ1) is 15.2. The Hall–Kier alpha value is -2.21. The lowest BCUT2D eigenvalue weighted by Crippen LogP contribution is -2.13. The lowest BCUT2D eigenvalue weighted by atomic mass is 9.86. The molecule has 0 bridgehead atoms. The standard InChI is InChI=1S/C18H23N3/c1-13-10-15(14(2)21(13)5)11-20-17-8-6-16(7-9-17)18(3,4)12-19/h6-10,20H,11H2,1-5H3. The van der Waals surface area contributed by atoms with Gasteiger partial charge in [-0.2, -0.15) is 5.26 Å². The van der Waals surface area contributed by atoms with Crippen molar-refractivity contribution in [1.29, 1.82) is 5.26 Å². The molecule has 0 radical (unpaired) electrons. The maximum Gasteiger partial charge on any atom is 0.0766 e. The molecule has 1 N–H and O–H groups in total. The molecule has 0 unspecified atom stereocenters. The van der Waals surface area contributed by atoms with Gasteiger partial charge in [0.25, 0.3) is 0 Å². The molecule has 0 amide bonds. The molecule has 3 heteroatoms. The van der Waals surface area contributed by atoms with Crippen molar-refractivity contribution in [3.63, 3.8) is 0 Å². The average Bonchev–Trinajstić information content (AvgIpc) is 2.73. The molecular formula is C18H23N3. The van der Waals surface area contributed by atoms with Gasteiger partial charge in [0.2, 0.25) is 0 Å². The van der Waals surface area contributed by atoms with E-state index in [4.69, 9.17) is 5.26 Å². The van der Waals surface area contributed by atoms with Gasteiger partial charge >= 0.3 is 0 Å². The minimum Gasteiger partial charge on any atom is -0.381 e. The zero-order valence-electron chi connectivity index (χ0n) is 13.5. The van der Waals surface area contributed by atoms with Gasteiger partial charge in [0.05, 0.1) is 11.5 Å². The number of rotatable bonds is 4. The molecule has 1 heterocycles. The van der Waals surface area contributed by atoms with Gasteiger partial charge in [-0.3, -0.25) is 0 Å². The second-order valence-corrected chi connectivity index (χ2v) is 6.12. The van der Waals surface area contributed by atoms with Crippen molar-refractivity contribution in [3.8, 4) is 6.07 Å². The molecule has 1 aromatic heterocycles. The van der Waals surface area contributed by atoms with Crippen LogP contribution >= 0.6 is 0 Å². The third-order valence-electron chi connectivity index (χ3n) is 4.25. The molecule has 1 aromatic carbocycles. The highest BCUT2D eigenvalue weighted by Crippen LogP contribution is 2.24. The third-order valence-corrected chi connectivity index (χ3v) is 4.25. The quantitative estimate of drug-likeness (QED) is 0.918. The largest absolute Gasteiger partial charge is 0.381 e. The van der Waals surface area contributed by atoms with Crippen molar-refractivity contribution in [3.05, 3.63) is 52.8 Å². The highest BCUT2D eigenvalue weighted by molar-refractivity contribution is 5.47. The Morgan fingerprint density at radius 3 is 2.29 bits per heavy atom. The fraction of sp³-hybridized carbons (Fsp3) is 0.389. The molecule has 0 fully saturated rings. The van der Waals surface area contributed by atoms with Crippen molar-refractivity contribution >= 4 is 5.69 Å². The van der Waals surface area contributed by atoms with Gasteiger partial charge in [-0.25, -0.2) is 0 Å². The summed E-state index contributed by atoms with van der Waals surface area (Å²) in [6.45, 7) is 8.95. The van der Waals surface area contributed by atoms with Crippen molar-refractivity contribution in [2.24, 2.45) is 7.05 Å². The molecule has 0 atom stereocenters. The van der Waals surface area contributed by atoms with Gasteiger partial charge < -0.3 is 9.88 Å². The van der Waals surface area contributed by atoms with Crippen LogP contribution in [0.15, 0.2) is 30.3 Å². The molecule has 21 heavy (non-hydrogen) atoms. The first-order valence-corrected chi connectivity index (χ1v) is 7.22. The van der Waals surface area contributed by atoms with E-state index in [0.29, 0.717) is 0 Å². The Balaban J connectivity index is 2.08.